The van der Waals surface area contributed by atoms with Gasteiger partial charge in [0, 0.05) is 28.1 Å². The average molecular weight is 656 g/mol. The molecule has 2 aromatic carbocycles. The minimum absolute atomic E-state index is 0.0721. The highest BCUT2D eigenvalue weighted by atomic mass is 32.1. The molecule has 5 rings (SSSR count). The molecular weight excluding hydrogens is 619 g/mol. The van der Waals surface area contributed by atoms with Crippen LogP contribution in [0.3, 0.4) is 0 Å². The molecule has 0 aliphatic carbocycles. The van der Waals surface area contributed by atoms with Crippen LogP contribution in [0.15, 0.2) is 53.5 Å². The molecule has 46 heavy (non-hydrogen) atoms. The van der Waals surface area contributed by atoms with Crippen LogP contribution in [0, 0.1) is 25.7 Å². The Morgan fingerprint density at radius 2 is 1.96 bits per heavy atom. The number of thiazole rings is 1. The van der Waals surface area contributed by atoms with Gasteiger partial charge in [0.2, 0.25) is 0 Å². The number of hydrogen-bond acceptors (Lipinski definition) is 9. The van der Waals surface area contributed by atoms with Crippen LogP contribution < -0.4 is 15.0 Å². The molecule has 0 unspecified atom stereocenters. The van der Waals surface area contributed by atoms with E-state index in [-0.39, 0.29) is 5.69 Å². The summed E-state index contributed by atoms with van der Waals surface area (Å²) in [5, 5.41) is 23.1. The summed E-state index contributed by atoms with van der Waals surface area (Å²) in [6.07, 6.45) is 2.87. The van der Waals surface area contributed by atoms with Crippen molar-refractivity contribution in [2.24, 2.45) is 4.99 Å². The molecule has 238 valence electrons. The predicted octanol–water partition coefficient (Wildman–Crippen LogP) is 6.29. The minimum Gasteiger partial charge on any atom is -0.494 e. The highest BCUT2D eigenvalue weighted by molar-refractivity contribution is 7.97. The Labute approximate surface area is 279 Å². The Kier molecular flexibility index (Phi) is 10.9. The van der Waals surface area contributed by atoms with Crippen LogP contribution in [0.2, 0.25) is 0 Å². The van der Waals surface area contributed by atoms with E-state index in [4.69, 9.17) is 4.74 Å². The number of ether oxygens (including phenoxy) is 1. The monoisotopic (exact) mass is 655 g/mol. The first kappa shape index (κ1) is 32.9. The summed E-state index contributed by atoms with van der Waals surface area (Å²) in [5.74, 6) is 7.24. The number of anilines is 3. The number of hydrogen-bond donors (Lipinski definition) is 3. The number of thiol groups is 1. The number of aromatic carboxylic acids is 1. The third kappa shape index (κ3) is 8.23. The van der Waals surface area contributed by atoms with Crippen LogP contribution in [0.25, 0.3) is 0 Å². The molecule has 0 radical (unpaired) electrons. The number of carboxylic acid groups (broad SMARTS) is 1. The van der Waals surface area contributed by atoms with E-state index in [0.717, 1.165) is 46.5 Å². The predicted molar refractivity (Wildman–Crippen MR) is 188 cm³/mol. The summed E-state index contributed by atoms with van der Waals surface area (Å²) in [5.41, 5.74) is 4.86. The van der Waals surface area contributed by atoms with Gasteiger partial charge < -0.3 is 20.1 Å². The third-order valence-electron chi connectivity index (χ3n) is 7.38. The van der Waals surface area contributed by atoms with E-state index in [2.05, 4.69) is 50.0 Å². The number of fused-ring (bicyclic) bond motifs is 1. The van der Waals surface area contributed by atoms with Crippen LogP contribution in [0.1, 0.15) is 50.5 Å². The number of para-hydroxylation sites is 1. The highest BCUT2D eigenvalue weighted by Gasteiger charge is 2.28. The van der Waals surface area contributed by atoms with Gasteiger partial charge in [0.05, 0.1) is 18.8 Å². The first-order chi connectivity index (χ1) is 22.2. The van der Waals surface area contributed by atoms with Gasteiger partial charge in [0.15, 0.2) is 27.6 Å². The maximum absolute atomic E-state index is 12.1. The Hall–Kier alpha value is -4.44. The van der Waals surface area contributed by atoms with Crippen LogP contribution >= 0.6 is 24.0 Å². The van der Waals surface area contributed by atoms with Gasteiger partial charge in [-0.1, -0.05) is 30.0 Å². The Morgan fingerprint density at radius 3 is 2.70 bits per heavy atom. The van der Waals surface area contributed by atoms with Crippen molar-refractivity contribution in [1.82, 2.24) is 20.1 Å². The summed E-state index contributed by atoms with van der Waals surface area (Å²) in [6.45, 7) is 5.82. The van der Waals surface area contributed by atoms with Crippen LogP contribution in [0.5, 0.6) is 5.75 Å². The number of rotatable bonds is 10. The van der Waals surface area contributed by atoms with Crippen molar-refractivity contribution in [3.05, 3.63) is 81.4 Å². The number of aromatic nitrogens is 3. The van der Waals surface area contributed by atoms with Gasteiger partial charge in [-0.3, -0.25) is 4.90 Å². The number of aliphatic imine (C=N–C) groups is 1. The molecule has 0 atom stereocenters. The van der Waals surface area contributed by atoms with Crippen LogP contribution in [-0.2, 0) is 12.8 Å². The van der Waals surface area contributed by atoms with E-state index >= 15 is 0 Å². The maximum Gasteiger partial charge on any atom is 0.355 e. The Morgan fingerprint density at radius 1 is 1.17 bits per heavy atom. The second-order valence-corrected chi connectivity index (χ2v) is 12.7. The fraction of sp³-hybridized carbons (Fsp3) is 0.324. The molecule has 4 aromatic rings. The van der Waals surface area contributed by atoms with Gasteiger partial charge >= 0.3 is 5.97 Å². The lowest BCUT2D eigenvalue weighted by molar-refractivity contribution is 0.0690. The number of amidine groups is 1. The van der Waals surface area contributed by atoms with Crippen LogP contribution in [0.4, 0.5) is 22.5 Å². The van der Waals surface area contributed by atoms with E-state index in [9.17, 15) is 9.90 Å². The maximum atomic E-state index is 12.1. The molecule has 0 amide bonds. The lowest BCUT2D eigenvalue weighted by atomic mass is 10.0. The Balaban J connectivity index is 1.25. The first-order valence-electron chi connectivity index (χ1n) is 15.0. The second-order valence-electron chi connectivity index (χ2n) is 11.2. The summed E-state index contributed by atoms with van der Waals surface area (Å²) >= 11 is 5.92. The number of carboxylic acids is 1. The molecule has 1 aliphatic heterocycles. The molecule has 0 saturated carbocycles. The van der Waals surface area contributed by atoms with Crippen molar-refractivity contribution in [3.63, 3.8) is 0 Å². The molecule has 0 bridgehead atoms. The summed E-state index contributed by atoms with van der Waals surface area (Å²) in [6, 6.07) is 15.5. The van der Waals surface area contributed by atoms with Gasteiger partial charge in [-0.2, -0.15) is 0 Å². The second kappa shape index (κ2) is 15.2. The smallest absolute Gasteiger partial charge is 0.355 e. The SMILES string of the molecule is Cc1ccccc1/N=C(\S)Nc1nnc2c(c1C)CCCN2c1nc(C(=O)O)c(CCCOc2ccc(C#CCN(C)C)cc2)s1. The van der Waals surface area contributed by atoms with Crippen molar-refractivity contribution in [1.29, 1.82) is 0 Å². The van der Waals surface area contributed by atoms with Crippen LogP contribution in [-0.4, -0.2) is 70.1 Å². The van der Waals surface area contributed by atoms with Gasteiger partial charge in [-0.25, -0.2) is 14.8 Å². The zero-order chi connectivity index (χ0) is 32.6. The van der Waals surface area contributed by atoms with E-state index in [1.807, 2.05) is 86.3 Å². The van der Waals surface area contributed by atoms with Crippen molar-refractivity contribution < 1.29 is 14.6 Å². The van der Waals surface area contributed by atoms with Gasteiger partial charge in [0.25, 0.3) is 0 Å². The minimum atomic E-state index is -1.04. The average Bonchev–Trinajstić information content (AvgIpc) is 3.46. The van der Waals surface area contributed by atoms with E-state index in [1.165, 1.54) is 11.3 Å². The van der Waals surface area contributed by atoms with E-state index in [1.54, 1.807) is 0 Å². The quantitative estimate of drug-likeness (QED) is 0.0596. The molecule has 2 N–H and O–H groups in total. The lowest BCUT2D eigenvalue weighted by Gasteiger charge is -2.28. The standard InChI is InChI=1S/C34H37N7O3S2/c1-22-10-5-6-13-27(22)35-33(45)37-30-23(2)26-12-8-20-41(31(26)39-38-30)34-36-29(32(42)43)28(46-34)14-9-21-44-25-17-15-24(16-18-25)11-7-19-40(3)4/h5-6,10,13,15-18H,8-9,12,14,19-21H2,1-4H3,(H,42,43)(H2,35,37,38,45). The van der Waals surface area contributed by atoms with Crippen molar-refractivity contribution in [2.45, 2.75) is 39.5 Å². The number of nitrogens with one attached hydrogen (secondary N) is 1. The van der Waals surface area contributed by atoms with Crippen molar-refractivity contribution in [2.75, 3.05) is 44.0 Å². The molecule has 0 saturated heterocycles. The summed E-state index contributed by atoms with van der Waals surface area (Å²) in [7, 11) is 3.97. The van der Waals surface area contributed by atoms with E-state index in [0.29, 0.717) is 59.4 Å². The summed E-state index contributed by atoms with van der Waals surface area (Å²) < 4.78 is 5.92. The Bertz CT molecular complexity index is 1790. The van der Waals surface area contributed by atoms with Gasteiger partial charge in [-0.05, 0) is 89.5 Å². The van der Waals surface area contributed by atoms with Crippen molar-refractivity contribution >= 4 is 57.6 Å². The molecule has 0 fully saturated rings. The molecule has 0 spiro atoms. The molecule has 2 aromatic heterocycles. The van der Waals surface area contributed by atoms with E-state index < -0.39 is 5.97 Å². The number of carbonyl (C=O) groups is 1. The number of benzene rings is 2. The third-order valence-corrected chi connectivity index (χ3v) is 8.73. The van der Waals surface area contributed by atoms with Crippen molar-refractivity contribution in [3.8, 4) is 17.6 Å². The zero-order valence-corrected chi connectivity index (χ0v) is 28.1. The largest absolute Gasteiger partial charge is 0.494 e. The zero-order valence-electron chi connectivity index (χ0n) is 26.4. The first-order valence-corrected chi connectivity index (χ1v) is 16.3. The lowest BCUT2D eigenvalue weighted by Crippen LogP contribution is -2.27. The van der Waals surface area contributed by atoms with Gasteiger partial charge in [0.1, 0.15) is 5.75 Å². The fourth-order valence-electron chi connectivity index (χ4n) is 4.97. The number of aryl methyl sites for hydroxylation is 2. The topological polar surface area (TPSA) is 116 Å². The fourth-order valence-corrected chi connectivity index (χ4v) is 6.30. The molecule has 3 heterocycles. The number of nitrogens with zero attached hydrogens (tertiary/aromatic N) is 6. The normalized spacial score (nSPS) is 12.8. The molecule has 12 heteroatoms. The summed E-state index contributed by atoms with van der Waals surface area (Å²) in [4.78, 5) is 26.0. The molecule has 1 aliphatic rings. The molecule has 10 nitrogen and oxygen atoms in total. The molecular formula is C34H37N7O3S2. The highest BCUT2D eigenvalue weighted by Crippen LogP contribution is 2.38. The van der Waals surface area contributed by atoms with Gasteiger partial charge in [-0.15, -0.1) is 34.2 Å².